The first kappa shape index (κ1) is 9.54. The number of hydrogen-bond acceptors (Lipinski definition) is 5. The number of H-pyrrole nitrogens is 1. The highest BCUT2D eigenvalue weighted by Crippen LogP contribution is 2.40. The summed E-state index contributed by atoms with van der Waals surface area (Å²) in [5, 5.41) is 21.9. The van der Waals surface area contributed by atoms with Crippen LogP contribution in [0.2, 0.25) is 0 Å². The van der Waals surface area contributed by atoms with Gasteiger partial charge in [0.2, 0.25) is 0 Å². The molecule has 2 rings (SSSR count). The Morgan fingerprint density at radius 3 is 3.00 bits per heavy atom. The molecule has 1 aliphatic rings. The summed E-state index contributed by atoms with van der Waals surface area (Å²) in [5.74, 6) is 0.418. The molecule has 1 aliphatic carbocycles. The van der Waals surface area contributed by atoms with E-state index in [9.17, 15) is 9.59 Å². The predicted octanol–water partition coefficient (Wildman–Crippen LogP) is -0.779. The number of rotatable bonds is 3. The molecule has 2 atom stereocenters. The maximum atomic E-state index is 10.8. The number of nitrogens with one attached hydrogen (secondary N) is 1. The van der Waals surface area contributed by atoms with Gasteiger partial charge in [-0.25, -0.2) is 4.79 Å². The number of tetrazole rings is 1. The molecule has 1 aromatic heterocycles. The Morgan fingerprint density at radius 1 is 1.67 bits per heavy atom. The molecule has 1 heterocycles. The third-order valence-electron chi connectivity index (χ3n) is 2.61. The molecule has 7 heteroatoms. The Kier molecular flexibility index (Phi) is 2.31. The van der Waals surface area contributed by atoms with Crippen molar-refractivity contribution in [3.63, 3.8) is 0 Å². The van der Waals surface area contributed by atoms with Crippen LogP contribution in [0, 0.1) is 11.8 Å². The van der Waals surface area contributed by atoms with E-state index in [4.69, 9.17) is 5.11 Å². The first-order chi connectivity index (χ1) is 7.22. The van der Waals surface area contributed by atoms with E-state index in [-0.39, 0.29) is 12.3 Å². The minimum absolute atomic E-state index is 0.279. The number of aromatic amines is 1. The number of allylic oxidation sites excluding steroid dienone is 1. The van der Waals surface area contributed by atoms with E-state index in [0.29, 0.717) is 17.8 Å². The van der Waals surface area contributed by atoms with Crippen LogP contribution in [0.25, 0.3) is 0 Å². The SMILES string of the molecule is O=C=C1CC(C(=O)O)C1Cc1nn[nH]n1. The normalized spacial score (nSPS) is 24.4. The van der Waals surface area contributed by atoms with Gasteiger partial charge in [-0.2, -0.15) is 5.21 Å². The minimum atomic E-state index is -0.900. The summed E-state index contributed by atoms with van der Waals surface area (Å²) in [5.41, 5.74) is 0.493. The highest BCUT2D eigenvalue weighted by atomic mass is 16.4. The van der Waals surface area contributed by atoms with Gasteiger partial charge >= 0.3 is 5.97 Å². The Labute approximate surface area is 84.2 Å². The number of nitrogens with zero attached hydrogens (tertiary/aromatic N) is 3. The second-order valence-corrected chi connectivity index (χ2v) is 3.41. The summed E-state index contributed by atoms with van der Waals surface area (Å²) in [7, 11) is 0. The van der Waals surface area contributed by atoms with Crippen LogP contribution in [0.4, 0.5) is 0 Å². The number of carbonyl (C=O) groups excluding carboxylic acids is 1. The van der Waals surface area contributed by atoms with E-state index in [1.165, 1.54) is 0 Å². The molecule has 0 radical (unpaired) electrons. The second kappa shape index (κ2) is 3.62. The standard InChI is InChI=1S/C8H8N4O3/c13-3-4-1-6(8(14)15)5(4)2-7-9-11-12-10-7/h5-6H,1-2H2,(H,14,15)(H,9,10,11,12). The van der Waals surface area contributed by atoms with Crippen LogP contribution in [0.1, 0.15) is 12.2 Å². The molecular weight excluding hydrogens is 200 g/mol. The predicted molar refractivity (Wildman–Crippen MR) is 46.3 cm³/mol. The van der Waals surface area contributed by atoms with E-state index >= 15 is 0 Å². The highest BCUT2D eigenvalue weighted by Gasteiger charge is 2.42. The molecule has 1 saturated carbocycles. The number of carboxylic acids is 1. The molecule has 1 fully saturated rings. The fraction of sp³-hybridized carbons (Fsp3) is 0.500. The van der Waals surface area contributed by atoms with E-state index in [0.717, 1.165) is 0 Å². The average molecular weight is 208 g/mol. The summed E-state index contributed by atoms with van der Waals surface area (Å²) < 4.78 is 0. The van der Waals surface area contributed by atoms with E-state index in [1.54, 1.807) is 5.94 Å². The van der Waals surface area contributed by atoms with Crippen molar-refractivity contribution in [1.82, 2.24) is 20.6 Å². The zero-order valence-corrected chi connectivity index (χ0v) is 7.67. The molecule has 0 bridgehead atoms. The number of carboxylic acid groups (broad SMARTS) is 1. The molecule has 0 saturated heterocycles. The largest absolute Gasteiger partial charge is 0.481 e. The summed E-state index contributed by atoms with van der Waals surface area (Å²) in [6, 6.07) is 0. The third-order valence-corrected chi connectivity index (χ3v) is 2.61. The van der Waals surface area contributed by atoms with Gasteiger partial charge in [-0.15, -0.1) is 10.2 Å². The lowest BCUT2D eigenvalue weighted by atomic mass is 9.68. The van der Waals surface area contributed by atoms with E-state index in [1.807, 2.05) is 0 Å². The van der Waals surface area contributed by atoms with Crippen molar-refractivity contribution in [3.05, 3.63) is 11.4 Å². The average Bonchev–Trinajstić information content (AvgIpc) is 2.65. The Bertz CT molecular complexity index is 421. The van der Waals surface area contributed by atoms with Crippen LogP contribution in [-0.4, -0.2) is 37.6 Å². The van der Waals surface area contributed by atoms with Gasteiger partial charge in [0, 0.05) is 17.9 Å². The molecule has 7 nitrogen and oxygen atoms in total. The number of carbonyl (C=O) groups is 1. The maximum Gasteiger partial charge on any atom is 0.307 e. The lowest BCUT2D eigenvalue weighted by Gasteiger charge is -2.33. The summed E-state index contributed by atoms with van der Waals surface area (Å²) in [6.07, 6.45) is 0.597. The number of aliphatic carboxylic acids is 1. The van der Waals surface area contributed by atoms with Crippen LogP contribution < -0.4 is 0 Å². The summed E-state index contributed by atoms with van der Waals surface area (Å²) in [6.45, 7) is 0. The molecule has 0 aliphatic heterocycles. The summed E-state index contributed by atoms with van der Waals surface area (Å²) >= 11 is 0. The monoisotopic (exact) mass is 208 g/mol. The first-order valence-electron chi connectivity index (χ1n) is 4.41. The minimum Gasteiger partial charge on any atom is -0.481 e. The summed E-state index contributed by atoms with van der Waals surface area (Å²) in [4.78, 5) is 21.2. The molecular formula is C8H8N4O3. The first-order valence-corrected chi connectivity index (χ1v) is 4.41. The number of hydrogen-bond donors (Lipinski definition) is 2. The molecule has 78 valence electrons. The Balaban J connectivity index is 2.11. The molecule has 2 unspecified atom stereocenters. The van der Waals surface area contributed by atoms with Crippen LogP contribution in [0.3, 0.4) is 0 Å². The third kappa shape index (κ3) is 1.64. The molecule has 2 N–H and O–H groups in total. The van der Waals surface area contributed by atoms with Crippen molar-refractivity contribution in [2.75, 3.05) is 0 Å². The van der Waals surface area contributed by atoms with Gasteiger partial charge < -0.3 is 5.11 Å². The van der Waals surface area contributed by atoms with Gasteiger partial charge in [-0.05, 0) is 6.42 Å². The smallest absolute Gasteiger partial charge is 0.307 e. The number of aromatic nitrogens is 4. The van der Waals surface area contributed by atoms with Crippen LogP contribution in [0.5, 0.6) is 0 Å². The lowest BCUT2D eigenvalue weighted by molar-refractivity contribution is -0.145. The van der Waals surface area contributed by atoms with Crippen molar-refractivity contribution in [3.8, 4) is 0 Å². The topological polar surface area (TPSA) is 109 Å². The Hall–Kier alpha value is -2.01. The molecule has 0 aromatic carbocycles. The van der Waals surface area contributed by atoms with E-state index in [2.05, 4.69) is 20.6 Å². The van der Waals surface area contributed by atoms with Gasteiger partial charge in [-0.1, -0.05) is 5.21 Å². The van der Waals surface area contributed by atoms with Gasteiger partial charge in [-0.3, -0.25) is 4.79 Å². The lowest BCUT2D eigenvalue weighted by Crippen LogP contribution is -2.37. The van der Waals surface area contributed by atoms with Crippen molar-refractivity contribution in [2.24, 2.45) is 11.8 Å². The maximum absolute atomic E-state index is 10.8. The zero-order valence-electron chi connectivity index (χ0n) is 7.67. The molecule has 0 spiro atoms. The van der Waals surface area contributed by atoms with Crippen molar-refractivity contribution >= 4 is 11.9 Å². The van der Waals surface area contributed by atoms with Gasteiger partial charge in [0.05, 0.1) is 5.92 Å². The zero-order chi connectivity index (χ0) is 10.8. The highest BCUT2D eigenvalue weighted by molar-refractivity contribution is 5.76. The fourth-order valence-corrected chi connectivity index (χ4v) is 1.72. The van der Waals surface area contributed by atoms with Crippen LogP contribution in [-0.2, 0) is 16.0 Å². The molecule has 1 aromatic rings. The molecule has 15 heavy (non-hydrogen) atoms. The second-order valence-electron chi connectivity index (χ2n) is 3.41. The van der Waals surface area contributed by atoms with Crippen molar-refractivity contribution in [1.29, 1.82) is 0 Å². The van der Waals surface area contributed by atoms with Gasteiger partial charge in [0.15, 0.2) is 5.82 Å². The van der Waals surface area contributed by atoms with Gasteiger partial charge in [0.1, 0.15) is 5.94 Å². The van der Waals surface area contributed by atoms with Gasteiger partial charge in [0.25, 0.3) is 0 Å². The van der Waals surface area contributed by atoms with E-state index < -0.39 is 11.9 Å². The Morgan fingerprint density at radius 2 is 2.47 bits per heavy atom. The molecule has 0 amide bonds. The van der Waals surface area contributed by atoms with Crippen LogP contribution >= 0.6 is 0 Å². The quantitative estimate of drug-likeness (QED) is 0.631. The van der Waals surface area contributed by atoms with Crippen molar-refractivity contribution in [2.45, 2.75) is 12.8 Å². The van der Waals surface area contributed by atoms with Crippen molar-refractivity contribution < 1.29 is 14.7 Å². The fourth-order valence-electron chi connectivity index (χ4n) is 1.72. The van der Waals surface area contributed by atoms with Crippen LogP contribution in [0.15, 0.2) is 5.57 Å².